The van der Waals surface area contributed by atoms with Crippen LogP contribution in [0.2, 0.25) is 0 Å². The van der Waals surface area contributed by atoms with Gasteiger partial charge in [-0.2, -0.15) is 0 Å². The number of nitrogens with one attached hydrogen (secondary N) is 2. The molecule has 0 saturated heterocycles. The Balaban J connectivity index is 1.82. The minimum atomic E-state index is -1.17. The molecule has 3 N–H and O–H groups in total. The van der Waals surface area contributed by atoms with E-state index in [1.54, 1.807) is 6.07 Å². The summed E-state index contributed by atoms with van der Waals surface area (Å²) >= 11 is 0. The van der Waals surface area contributed by atoms with Crippen molar-refractivity contribution in [2.75, 3.05) is 6.54 Å². The smallest absolute Gasteiger partial charge is 0.329 e. The molecule has 0 radical (unpaired) electrons. The van der Waals surface area contributed by atoms with Crippen LogP contribution in [0.15, 0.2) is 22.8 Å². The third kappa shape index (κ3) is 4.58. The van der Waals surface area contributed by atoms with Gasteiger partial charge in [0.2, 0.25) is 5.91 Å². The summed E-state index contributed by atoms with van der Waals surface area (Å²) in [6.45, 7) is 0.126. The van der Waals surface area contributed by atoms with Gasteiger partial charge in [0.1, 0.15) is 5.54 Å². The third-order valence-electron chi connectivity index (χ3n) is 4.13. The second-order valence-corrected chi connectivity index (χ2v) is 5.83. The monoisotopic (exact) mass is 322 g/mol. The highest BCUT2D eigenvalue weighted by molar-refractivity contribution is 5.92. The van der Waals surface area contributed by atoms with Gasteiger partial charge >= 0.3 is 5.97 Å². The van der Waals surface area contributed by atoms with Gasteiger partial charge in [-0.15, -0.1) is 0 Å². The molecule has 2 rings (SSSR count). The van der Waals surface area contributed by atoms with Crippen molar-refractivity contribution in [1.82, 2.24) is 10.6 Å². The molecule has 0 aliphatic heterocycles. The van der Waals surface area contributed by atoms with E-state index in [1.807, 2.05) is 0 Å². The Morgan fingerprint density at radius 3 is 2.43 bits per heavy atom. The lowest BCUT2D eigenvalue weighted by molar-refractivity contribution is -0.148. The Labute approximate surface area is 134 Å². The summed E-state index contributed by atoms with van der Waals surface area (Å²) in [7, 11) is 0. The first-order valence-corrected chi connectivity index (χ1v) is 7.90. The molecule has 23 heavy (non-hydrogen) atoms. The van der Waals surface area contributed by atoms with E-state index in [4.69, 9.17) is 4.42 Å². The molecule has 1 aromatic heterocycles. The van der Waals surface area contributed by atoms with Gasteiger partial charge in [0.05, 0.1) is 6.26 Å². The molecule has 1 saturated carbocycles. The van der Waals surface area contributed by atoms with Gasteiger partial charge in [0.15, 0.2) is 5.76 Å². The second-order valence-electron chi connectivity index (χ2n) is 5.83. The van der Waals surface area contributed by atoms with E-state index in [0.29, 0.717) is 12.8 Å². The van der Waals surface area contributed by atoms with Gasteiger partial charge in [-0.05, 0) is 25.0 Å². The molecule has 1 heterocycles. The molecular weight excluding hydrogens is 300 g/mol. The first kappa shape index (κ1) is 17.1. The van der Waals surface area contributed by atoms with Crippen molar-refractivity contribution >= 4 is 17.8 Å². The topological polar surface area (TPSA) is 109 Å². The maximum absolute atomic E-state index is 12.1. The van der Waals surface area contributed by atoms with Crippen LogP contribution in [0, 0.1) is 0 Å². The van der Waals surface area contributed by atoms with E-state index in [-0.39, 0.29) is 24.6 Å². The summed E-state index contributed by atoms with van der Waals surface area (Å²) in [5.74, 6) is -1.57. The lowest BCUT2D eigenvalue weighted by Crippen LogP contribution is -2.54. The number of carboxylic acids is 1. The first-order valence-electron chi connectivity index (χ1n) is 7.90. The number of furan rings is 1. The first-order chi connectivity index (χ1) is 11.0. The van der Waals surface area contributed by atoms with Gasteiger partial charge in [-0.25, -0.2) is 4.79 Å². The summed E-state index contributed by atoms with van der Waals surface area (Å²) in [4.78, 5) is 35.3. The zero-order valence-electron chi connectivity index (χ0n) is 13.0. The summed E-state index contributed by atoms with van der Waals surface area (Å²) in [6, 6.07) is 3.13. The molecule has 0 bridgehead atoms. The predicted molar refractivity (Wildman–Crippen MR) is 81.9 cm³/mol. The highest BCUT2D eigenvalue weighted by Crippen LogP contribution is 2.27. The number of amides is 2. The maximum atomic E-state index is 12.1. The molecule has 1 aromatic rings. The maximum Gasteiger partial charge on any atom is 0.329 e. The van der Waals surface area contributed by atoms with Crippen molar-refractivity contribution in [3.63, 3.8) is 0 Å². The van der Waals surface area contributed by atoms with Crippen molar-refractivity contribution in [2.45, 2.75) is 50.5 Å². The van der Waals surface area contributed by atoms with Crippen LogP contribution in [0.3, 0.4) is 0 Å². The zero-order valence-corrected chi connectivity index (χ0v) is 13.0. The summed E-state index contributed by atoms with van der Waals surface area (Å²) in [5, 5.41) is 14.7. The Bertz CT molecular complexity index is 545. The van der Waals surface area contributed by atoms with Crippen LogP contribution in [0.4, 0.5) is 0 Å². The molecule has 0 spiro atoms. The van der Waals surface area contributed by atoms with E-state index in [0.717, 1.165) is 25.7 Å². The third-order valence-corrected chi connectivity index (χ3v) is 4.13. The fourth-order valence-electron chi connectivity index (χ4n) is 2.84. The lowest BCUT2D eigenvalue weighted by atomic mass is 9.90. The standard InChI is InChI=1S/C16H22N2O5/c19-13(7-10-17-14(20)12-6-5-11-23-12)18-16(15(21)22)8-3-1-2-4-9-16/h5-6,11H,1-4,7-10H2,(H,17,20)(H,18,19)(H,21,22). The van der Waals surface area contributed by atoms with Crippen molar-refractivity contribution in [3.8, 4) is 0 Å². The van der Waals surface area contributed by atoms with Gasteiger partial charge in [-0.1, -0.05) is 25.7 Å². The minimum absolute atomic E-state index is 0.0292. The average Bonchev–Trinajstić information content (AvgIpc) is 2.94. The number of rotatable bonds is 6. The van der Waals surface area contributed by atoms with E-state index in [9.17, 15) is 19.5 Å². The number of hydrogen-bond acceptors (Lipinski definition) is 4. The largest absolute Gasteiger partial charge is 0.480 e. The van der Waals surface area contributed by atoms with E-state index >= 15 is 0 Å². The van der Waals surface area contributed by atoms with E-state index < -0.39 is 17.4 Å². The second kappa shape index (κ2) is 7.80. The van der Waals surface area contributed by atoms with Crippen LogP contribution < -0.4 is 10.6 Å². The highest BCUT2D eigenvalue weighted by atomic mass is 16.4. The summed E-state index contributed by atoms with van der Waals surface area (Å²) in [5.41, 5.74) is -1.17. The Morgan fingerprint density at radius 1 is 1.17 bits per heavy atom. The number of hydrogen-bond donors (Lipinski definition) is 3. The number of carboxylic acid groups (broad SMARTS) is 1. The fraction of sp³-hybridized carbons (Fsp3) is 0.562. The molecule has 0 unspecified atom stereocenters. The molecule has 1 fully saturated rings. The van der Waals surface area contributed by atoms with Crippen molar-refractivity contribution in [3.05, 3.63) is 24.2 Å². The molecule has 1 aliphatic rings. The molecule has 0 aromatic carbocycles. The Hall–Kier alpha value is -2.31. The lowest BCUT2D eigenvalue weighted by Gasteiger charge is -2.29. The van der Waals surface area contributed by atoms with Gasteiger partial charge in [0.25, 0.3) is 5.91 Å². The number of aliphatic carboxylic acids is 1. The molecule has 126 valence electrons. The highest BCUT2D eigenvalue weighted by Gasteiger charge is 2.39. The molecule has 7 heteroatoms. The van der Waals surface area contributed by atoms with Crippen LogP contribution in [0.25, 0.3) is 0 Å². The van der Waals surface area contributed by atoms with Gasteiger partial charge < -0.3 is 20.2 Å². The van der Waals surface area contributed by atoms with Gasteiger partial charge in [0, 0.05) is 13.0 Å². The van der Waals surface area contributed by atoms with Crippen molar-refractivity contribution in [2.24, 2.45) is 0 Å². The molecule has 7 nitrogen and oxygen atoms in total. The molecule has 0 atom stereocenters. The Morgan fingerprint density at radius 2 is 1.87 bits per heavy atom. The minimum Gasteiger partial charge on any atom is -0.480 e. The Kier molecular flexibility index (Phi) is 5.78. The van der Waals surface area contributed by atoms with Gasteiger partial charge in [-0.3, -0.25) is 9.59 Å². The average molecular weight is 322 g/mol. The number of carbonyl (C=O) groups excluding carboxylic acids is 2. The van der Waals surface area contributed by atoms with Crippen LogP contribution in [0.5, 0.6) is 0 Å². The van der Waals surface area contributed by atoms with Crippen LogP contribution in [0.1, 0.15) is 55.5 Å². The molecule has 1 aliphatic carbocycles. The van der Waals surface area contributed by atoms with Crippen LogP contribution in [-0.4, -0.2) is 35.0 Å². The van der Waals surface area contributed by atoms with E-state index in [1.165, 1.54) is 12.3 Å². The number of carbonyl (C=O) groups is 3. The predicted octanol–water partition coefficient (Wildman–Crippen LogP) is 1.69. The van der Waals surface area contributed by atoms with E-state index in [2.05, 4.69) is 10.6 Å². The summed E-state index contributed by atoms with van der Waals surface area (Å²) in [6.07, 6.45) is 5.89. The van der Waals surface area contributed by atoms with Crippen molar-refractivity contribution in [1.29, 1.82) is 0 Å². The zero-order chi connectivity index (χ0) is 16.7. The van der Waals surface area contributed by atoms with Crippen molar-refractivity contribution < 1.29 is 23.9 Å². The van der Waals surface area contributed by atoms with Crippen LogP contribution >= 0.6 is 0 Å². The summed E-state index contributed by atoms with van der Waals surface area (Å²) < 4.78 is 4.95. The quantitative estimate of drug-likeness (QED) is 0.691. The molecular formula is C16H22N2O5. The normalized spacial score (nSPS) is 17.0. The fourth-order valence-corrected chi connectivity index (χ4v) is 2.84. The SMILES string of the molecule is O=C(CCNC(=O)c1ccco1)NC1(C(=O)O)CCCCCC1. The molecule has 2 amide bonds. The van der Waals surface area contributed by atoms with Crippen LogP contribution in [-0.2, 0) is 9.59 Å².